The predicted molar refractivity (Wildman–Crippen MR) is 107 cm³/mol. The van der Waals surface area contributed by atoms with Crippen molar-refractivity contribution in [3.63, 3.8) is 0 Å². The van der Waals surface area contributed by atoms with Crippen molar-refractivity contribution < 1.29 is 31.8 Å². The van der Waals surface area contributed by atoms with Crippen LogP contribution in [0.1, 0.15) is 23.0 Å². The van der Waals surface area contributed by atoms with Crippen LogP contribution in [0.5, 0.6) is 17.4 Å². The van der Waals surface area contributed by atoms with Crippen LogP contribution in [-0.4, -0.2) is 22.5 Å². The summed E-state index contributed by atoms with van der Waals surface area (Å²) in [6, 6.07) is 6.22. The first-order chi connectivity index (χ1) is 15.1. The van der Waals surface area contributed by atoms with E-state index in [1.165, 1.54) is 12.3 Å². The monoisotopic (exact) mass is 471 g/mol. The lowest BCUT2D eigenvalue weighted by Crippen LogP contribution is -2.18. The fourth-order valence-electron chi connectivity index (χ4n) is 2.57. The number of hydrogen-bond donors (Lipinski definition) is 2. The summed E-state index contributed by atoms with van der Waals surface area (Å²) >= 11 is 5.72. The molecule has 0 fully saturated rings. The molecule has 0 aliphatic rings. The summed E-state index contributed by atoms with van der Waals surface area (Å²) in [6.07, 6.45) is -3.68. The number of hydrogen-bond acceptors (Lipinski definition) is 5. The van der Waals surface area contributed by atoms with Crippen molar-refractivity contribution in [2.45, 2.75) is 13.1 Å². The van der Waals surface area contributed by atoms with E-state index in [1.807, 2.05) is 0 Å². The van der Waals surface area contributed by atoms with Crippen LogP contribution in [0, 0.1) is 5.82 Å². The Morgan fingerprint density at radius 1 is 1.19 bits per heavy atom. The van der Waals surface area contributed by atoms with Crippen LogP contribution in [0.3, 0.4) is 0 Å². The van der Waals surface area contributed by atoms with Crippen molar-refractivity contribution in [2.75, 3.05) is 11.9 Å². The number of halogens is 5. The van der Waals surface area contributed by atoms with Crippen molar-refractivity contribution >= 4 is 23.2 Å². The second-order valence-electron chi connectivity index (χ2n) is 6.19. The molecule has 12 heteroatoms. The van der Waals surface area contributed by atoms with E-state index in [1.54, 1.807) is 6.92 Å². The second kappa shape index (κ2) is 9.27. The van der Waals surface area contributed by atoms with E-state index in [2.05, 4.69) is 15.3 Å². The first kappa shape index (κ1) is 23.1. The number of rotatable bonds is 6. The van der Waals surface area contributed by atoms with E-state index < -0.39 is 45.6 Å². The molecule has 1 amide bonds. The zero-order chi connectivity index (χ0) is 23.5. The standard InChI is InChI=1S/C20H14ClF4N3O4/c1-2-31-15-7-10(22)3-4-14(15)32-19-12(9-13(21)17(28-19)20(23,24)25)18(30)27-11-5-6-26-16(29)8-11/h3-9H,2H2,1H3,(H2,26,27,29,30). The molecule has 7 nitrogen and oxygen atoms in total. The van der Waals surface area contributed by atoms with Crippen LogP contribution in [0.15, 0.2) is 47.4 Å². The molecule has 0 spiro atoms. The van der Waals surface area contributed by atoms with Crippen molar-refractivity contribution in [1.82, 2.24) is 9.97 Å². The fraction of sp³-hybridized carbons (Fsp3) is 0.150. The van der Waals surface area contributed by atoms with Gasteiger partial charge in [0.2, 0.25) is 11.4 Å². The van der Waals surface area contributed by atoms with E-state index in [9.17, 15) is 27.2 Å². The van der Waals surface area contributed by atoms with Crippen LogP contribution in [0.2, 0.25) is 5.02 Å². The van der Waals surface area contributed by atoms with Gasteiger partial charge in [0.05, 0.1) is 11.6 Å². The molecular weight excluding hydrogens is 458 g/mol. The molecule has 32 heavy (non-hydrogen) atoms. The molecule has 0 radical (unpaired) electrons. The number of anilines is 1. The van der Waals surface area contributed by atoms with Gasteiger partial charge in [-0.3, -0.25) is 9.59 Å². The minimum atomic E-state index is -4.94. The number of carbonyl (C=O) groups excluding carboxylic acids is 1. The van der Waals surface area contributed by atoms with Gasteiger partial charge >= 0.3 is 6.18 Å². The number of H-pyrrole nitrogens is 1. The summed E-state index contributed by atoms with van der Waals surface area (Å²) in [6.45, 7) is 1.72. The van der Waals surface area contributed by atoms with E-state index in [4.69, 9.17) is 21.1 Å². The Balaban J connectivity index is 2.08. The third kappa shape index (κ3) is 5.35. The number of aromatic nitrogens is 2. The Hall–Kier alpha value is -3.60. The van der Waals surface area contributed by atoms with Crippen LogP contribution in [-0.2, 0) is 6.18 Å². The number of ether oxygens (including phenoxy) is 2. The van der Waals surface area contributed by atoms with E-state index in [0.29, 0.717) is 0 Å². The first-order valence-electron chi connectivity index (χ1n) is 8.96. The smallest absolute Gasteiger partial charge is 0.434 e. The van der Waals surface area contributed by atoms with Gasteiger partial charge in [0.1, 0.15) is 11.4 Å². The highest BCUT2D eigenvalue weighted by atomic mass is 35.5. The van der Waals surface area contributed by atoms with Crippen LogP contribution >= 0.6 is 11.6 Å². The third-order valence-electron chi connectivity index (χ3n) is 3.90. The lowest BCUT2D eigenvalue weighted by molar-refractivity contribution is -0.141. The Morgan fingerprint density at radius 3 is 2.59 bits per heavy atom. The lowest BCUT2D eigenvalue weighted by atomic mass is 10.2. The zero-order valence-electron chi connectivity index (χ0n) is 16.2. The van der Waals surface area contributed by atoms with Gasteiger partial charge in [0.25, 0.3) is 5.91 Å². The van der Waals surface area contributed by atoms with Gasteiger partial charge < -0.3 is 19.8 Å². The number of amides is 1. The number of benzene rings is 1. The molecule has 2 N–H and O–H groups in total. The van der Waals surface area contributed by atoms with E-state index in [0.717, 1.165) is 30.3 Å². The summed E-state index contributed by atoms with van der Waals surface area (Å²) in [5, 5.41) is 1.51. The van der Waals surface area contributed by atoms with Crippen LogP contribution in [0.25, 0.3) is 0 Å². The van der Waals surface area contributed by atoms with Gasteiger partial charge in [0, 0.05) is 24.0 Å². The highest BCUT2D eigenvalue weighted by Crippen LogP contribution is 2.39. The Kier molecular flexibility index (Phi) is 6.68. The van der Waals surface area contributed by atoms with Crippen LogP contribution in [0.4, 0.5) is 23.2 Å². The molecule has 0 unspecified atom stereocenters. The summed E-state index contributed by atoms with van der Waals surface area (Å²) in [4.78, 5) is 29.9. The maximum absolute atomic E-state index is 13.6. The van der Waals surface area contributed by atoms with Gasteiger partial charge in [-0.25, -0.2) is 9.37 Å². The summed E-state index contributed by atoms with van der Waals surface area (Å²) in [7, 11) is 0. The lowest BCUT2D eigenvalue weighted by Gasteiger charge is -2.16. The number of pyridine rings is 2. The normalized spacial score (nSPS) is 11.2. The number of aromatic amines is 1. The van der Waals surface area contributed by atoms with E-state index in [-0.39, 0.29) is 23.8 Å². The van der Waals surface area contributed by atoms with Crippen molar-refractivity contribution in [2.24, 2.45) is 0 Å². The minimum Gasteiger partial charge on any atom is -0.490 e. The van der Waals surface area contributed by atoms with Gasteiger partial charge in [-0.1, -0.05) is 11.6 Å². The number of nitrogens with zero attached hydrogens (tertiary/aromatic N) is 1. The molecule has 0 bridgehead atoms. The third-order valence-corrected chi connectivity index (χ3v) is 4.19. The van der Waals surface area contributed by atoms with Gasteiger partial charge in [-0.15, -0.1) is 0 Å². The first-order valence-corrected chi connectivity index (χ1v) is 9.34. The molecule has 0 aliphatic carbocycles. The maximum Gasteiger partial charge on any atom is 0.434 e. The van der Waals surface area contributed by atoms with E-state index >= 15 is 0 Å². The molecule has 2 aromatic heterocycles. The molecule has 2 heterocycles. The maximum atomic E-state index is 13.6. The molecule has 3 aromatic rings. The SMILES string of the molecule is CCOc1cc(F)ccc1Oc1nc(C(F)(F)F)c(Cl)cc1C(=O)Nc1cc[nH]c(=O)c1. The number of alkyl halides is 3. The molecule has 0 aliphatic heterocycles. The topological polar surface area (TPSA) is 93.3 Å². The van der Waals surface area contributed by atoms with Gasteiger partial charge in [0.15, 0.2) is 17.2 Å². The highest BCUT2D eigenvalue weighted by Gasteiger charge is 2.37. The molecule has 1 aromatic carbocycles. The molecule has 168 valence electrons. The van der Waals surface area contributed by atoms with Crippen molar-refractivity contribution in [3.05, 3.63) is 75.0 Å². The molecule has 0 atom stereocenters. The van der Waals surface area contributed by atoms with Crippen molar-refractivity contribution in [3.8, 4) is 17.4 Å². The second-order valence-corrected chi connectivity index (χ2v) is 6.60. The Morgan fingerprint density at radius 2 is 1.94 bits per heavy atom. The molecule has 3 rings (SSSR count). The molecule has 0 saturated carbocycles. The number of carbonyl (C=O) groups is 1. The summed E-state index contributed by atoms with van der Waals surface area (Å²) in [5.41, 5.74) is -2.40. The summed E-state index contributed by atoms with van der Waals surface area (Å²) < 4.78 is 64.2. The molecule has 0 saturated heterocycles. The summed E-state index contributed by atoms with van der Waals surface area (Å²) in [5.74, 6) is -2.67. The van der Waals surface area contributed by atoms with Crippen molar-refractivity contribution in [1.29, 1.82) is 0 Å². The Bertz CT molecular complexity index is 1210. The predicted octanol–water partition coefficient (Wildman–Crippen LogP) is 5.02. The Labute approximate surface area is 183 Å². The zero-order valence-corrected chi connectivity index (χ0v) is 17.0. The minimum absolute atomic E-state index is 0.0671. The largest absolute Gasteiger partial charge is 0.490 e. The highest BCUT2D eigenvalue weighted by molar-refractivity contribution is 6.31. The average Bonchev–Trinajstić information content (AvgIpc) is 2.70. The van der Waals surface area contributed by atoms with Gasteiger partial charge in [-0.2, -0.15) is 13.2 Å². The average molecular weight is 472 g/mol. The number of nitrogens with one attached hydrogen (secondary N) is 2. The quantitative estimate of drug-likeness (QED) is 0.492. The molecular formula is C20H14ClF4N3O4. The van der Waals surface area contributed by atoms with Gasteiger partial charge in [-0.05, 0) is 31.2 Å². The van der Waals surface area contributed by atoms with Crippen LogP contribution < -0.4 is 20.3 Å². The fourth-order valence-corrected chi connectivity index (χ4v) is 2.83.